The molecule has 0 saturated heterocycles. The molecule has 2 rings (SSSR count). The van der Waals surface area contributed by atoms with Crippen molar-refractivity contribution in [1.29, 1.82) is 0 Å². The van der Waals surface area contributed by atoms with Gasteiger partial charge in [0.05, 0.1) is 13.7 Å². The summed E-state index contributed by atoms with van der Waals surface area (Å²) in [4.78, 5) is 4.20. The van der Waals surface area contributed by atoms with Crippen molar-refractivity contribution >= 4 is 0 Å². The highest BCUT2D eigenvalue weighted by Crippen LogP contribution is 2.30. The van der Waals surface area contributed by atoms with E-state index in [1.165, 1.54) is 0 Å². The van der Waals surface area contributed by atoms with Gasteiger partial charge in [-0.25, -0.2) is 4.98 Å². The summed E-state index contributed by atoms with van der Waals surface area (Å²) in [5.74, 6) is 2.42. The number of nitrogens with one attached hydrogen (secondary N) is 1. The van der Waals surface area contributed by atoms with Crippen molar-refractivity contribution in [3.63, 3.8) is 0 Å². The first-order chi connectivity index (χ1) is 10.2. The van der Waals surface area contributed by atoms with Crippen molar-refractivity contribution in [1.82, 2.24) is 20.1 Å². The monoisotopic (exact) mass is 290 g/mol. The molecular weight excluding hydrogens is 268 g/mol. The molecular formula is C15H22N4O2. The SMILES string of the molecule is CCOc1cccc(CNCCc2ncn(C)n2)c1OC. The van der Waals surface area contributed by atoms with E-state index in [0.29, 0.717) is 6.61 Å². The Morgan fingerprint density at radius 1 is 1.33 bits per heavy atom. The lowest BCUT2D eigenvalue weighted by Crippen LogP contribution is -2.18. The predicted octanol–water partition coefficient (Wildman–Crippen LogP) is 1.55. The van der Waals surface area contributed by atoms with Gasteiger partial charge in [0, 0.05) is 32.1 Å². The van der Waals surface area contributed by atoms with E-state index >= 15 is 0 Å². The summed E-state index contributed by atoms with van der Waals surface area (Å²) in [7, 11) is 3.53. The van der Waals surface area contributed by atoms with Gasteiger partial charge in [0.2, 0.25) is 0 Å². The van der Waals surface area contributed by atoms with Crippen LogP contribution >= 0.6 is 0 Å². The summed E-state index contributed by atoms with van der Waals surface area (Å²) in [5.41, 5.74) is 1.08. The maximum Gasteiger partial charge on any atom is 0.165 e. The molecule has 0 spiro atoms. The molecule has 0 bridgehead atoms. The third-order valence-corrected chi connectivity index (χ3v) is 3.05. The molecule has 21 heavy (non-hydrogen) atoms. The Balaban J connectivity index is 1.89. The minimum atomic E-state index is 0.624. The fourth-order valence-electron chi connectivity index (χ4n) is 2.12. The number of nitrogens with zero attached hydrogens (tertiary/aromatic N) is 3. The number of methoxy groups -OCH3 is 1. The van der Waals surface area contributed by atoms with Gasteiger partial charge in [0.15, 0.2) is 17.3 Å². The second-order valence-corrected chi connectivity index (χ2v) is 4.64. The van der Waals surface area contributed by atoms with Crippen LogP contribution in [0.15, 0.2) is 24.5 Å². The lowest BCUT2D eigenvalue weighted by Gasteiger charge is -2.14. The van der Waals surface area contributed by atoms with Crippen LogP contribution in [-0.2, 0) is 20.0 Å². The molecule has 0 aliphatic heterocycles. The zero-order valence-electron chi connectivity index (χ0n) is 12.8. The van der Waals surface area contributed by atoms with Crippen LogP contribution in [0.4, 0.5) is 0 Å². The van der Waals surface area contributed by atoms with Crippen LogP contribution in [0.5, 0.6) is 11.5 Å². The van der Waals surface area contributed by atoms with E-state index in [0.717, 1.165) is 42.4 Å². The van der Waals surface area contributed by atoms with Crippen molar-refractivity contribution in [2.45, 2.75) is 19.9 Å². The fourth-order valence-corrected chi connectivity index (χ4v) is 2.12. The third-order valence-electron chi connectivity index (χ3n) is 3.05. The minimum Gasteiger partial charge on any atom is -0.493 e. The number of hydrogen-bond donors (Lipinski definition) is 1. The molecule has 1 heterocycles. The van der Waals surface area contributed by atoms with E-state index in [4.69, 9.17) is 9.47 Å². The van der Waals surface area contributed by atoms with E-state index in [1.807, 2.05) is 32.2 Å². The van der Waals surface area contributed by atoms with Gasteiger partial charge in [-0.2, -0.15) is 5.10 Å². The molecule has 2 aromatic rings. The van der Waals surface area contributed by atoms with E-state index in [-0.39, 0.29) is 0 Å². The van der Waals surface area contributed by atoms with Crippen molar-refractivity contribution in [3.8, 4) is 11.5 Å². The minimum absolute atomic E-state index is 0.624. The molecule has 6 heteroatoms. The van der Waals surface area contributed by atoms with E-state index < -0.39 is 0 Å². The largest absolute Gasteiger partial charge is 0.493 e. The van der Waals surface area contributed by atoms with Crippen molar-refractivity contribution < 1.29 is 9.47 Å². The summed E-state index contributed by atoms with van der Waals surface area (Å²) in [6.07, 6.45) is 2.51. The Kier molecular flexibility index (Phi) is 5.57. The summed E-state index contributed by atoms with van der Waals surface area (Å²) < 4.78 is 12.7. The average Bonchev–Trinajstić information content (AvgIpc) is 2.90. The van der Waals surface area contributed by atoms with Crippen LogP contribution in [0.25, 0.3) is 0 Å². The molecule has 1 aromatic carbocycles. The Labute approximate surface area is 125 Å². The second-order valence-electron chi connectivity index (χ2n) is 4.64. The van der Waals surface area contributed by atoms with Crippen molar-refractivity contribution in [2.75, 3.05) is 20.3 Å². The molecule has 114 valence electrons. The lowest BCUT2D eigenvalue weighted by molar-refractivity contribution is 0.308. The van der Waals surface area contributed by atoms with E-state index in [9.17, 15) is 0 Å². The molecule has 0 atom stereocenters. The molecule has 0 aliphatic rings. The molecule has 0 aliphatic carbocycles. The van der Waals surface area contributed by atoms with Crippen molar-refractivity contribution in [3.05, 3.63) is 35.9 Å². The Morgan fingerprint density at radius 3 is 2.86 bits per heavy atom. The number of hydrogen-bond acceptors (Lipinski definition) is 5. The Morgan fingerprint density at radius 2 is 2.19 bits per heavy atom. The van der Waals surface area contributed by atoms with Gasteiger partial charge < -0.3 is 14.8 Å². The number of aromatic nitrogens is 3. The summed E-state index contributed by atoms with van der Waals surface area (Å²) in [6, 6.07) is 5.93. The molecule has 0 unspecified atom stereocenters. The van der Waals surface area contributed by atoms with Gasteiger partial charge in [0.25, 0.3) is 0 Å². The van der Waals surface area contributed by atoms with Gasteiger partial charge in [-0.15, -0.1) is 0 Å². The molecule has 1 N–H and O–H groups in total. The number of rotatable bonds is 8. The molecule has 0 saturated carbocycles. The van der Waals surface area contributed by atoms with E-state index in [2.05, 4.69) is 15.4 Å². The second kappa shape index (κ2) is 7.64. The number of aryl methyl sites for hydroxylation is 1. The van der Waals surface area contributed by atoms with Crippen LogP contribution in [0.1, 0.15) is 18.3 Å². The first-order valence-electron chi connectivity index (χ1n) is 7.08. The third kappa shape index (κ3) is 4.19. The van der Waals surface area contributed by atoms with Crippen molar-refractivity contribution in [2.24, 2.45) is 7.05 Å². The zero-order chi connectivity index (χ0) is 15.1. The standard InChI is InChI=1S/C15H22N4O2/c1-4-21-13-7-5-6-12(15(13)20-3)10-16-9-8-14-17-11-19(2)18-14/h5-7,11,16H,4,8-10H2,1-3H3. The average molecular weight is 290 g/mol. The maximum atomic E-state index is 5.57. The van der Waals surface area contributed by atoms with Crippen LogP contribution in [0, 0.1) is 0 Å². The highest BCUT2D eigenvalue weighted by molar-refractivity contribution is 5.46. The zero-order valence-corrected chi connectivity index (χ0v) is 12.8. The predicted molar refractivity (Wildman–Crippen MR) is 80.6 cm³/mol. The van der Waals surface area contributed by atoms with Gasteiger partial charge in [-0.3, -0.25) is 4.68 Å². The maximum absolute atomic E-state index is 5.57. The first kappa shape index (κ1) is 15.3. The summed E-state index contributed by atoms with van der Waals surface area (Å²) >= 11 is 0. The molecule has 1 aromatic heterocycles. The van der Waals surface area contributed by atoms with Crippen LogP contribution < -0.4 is 14.8 Å². The fraction of sp³-hybridized carbons (Fsp3) is 0.467. The highest BCUT2D eigenvalue weighted by atomic mass is 16.5. The molecule has 0 radical (unpaired) electrons. The normalized spacial score (nSPS) is 10.6. The van der Waals surface area contributed by atoms with E-state index in [1.54, 1.807) is 18.1 Å². The van der Waals surface area contributed by atoms with Crippen LogP contribution in [0.3, 0.4) is 0 Å². The first-order valence-corrected chi connectivity index (χ1v) is 7.08. The van der Waals surface area contributed by atoms with Crippen LogP contribution in [0.2, 0.25) is 0 Å². The van der Waals surface area contributed by atoms with Gasteiger partial charge in [-0.05, 0) is 13.0 Å². The number of ether oxygens (including phenoxy) is 2. The van der Waals surface area contributed by atoms with Gasteiger partial charge >= 0.3 is 0 Å². The quantitative estimate of drug-likeness (QED) is 0.748. The molecule has 0 fully saturated rings. The smallest absolute Gasteiger partial charge is 0.165 e. The molecule has 6 nitrogen and oxygen atoms in total. The lowest BCUT2D eigenvalue weighted by atomic mass is 10.2. The summed E-state index contributed by atoms with van der Waals surface area (Å²) in [6.45, 7) is 4.12. The van der Waals surface area contributed by atoms with Gasteiger partial charge in [0.1, 0.15) is 6.33 Å². The van der Waals surface area contributed by atoms with Crippen LogP contribution in [-0.4, -0.2) is 35.0 Å². The highest BCUT2D eigenvalue weighted by Gasteiger charge is 2.09. The Hall–Kier alpha value is -2.08. The summed E-state index contributed by atoms with van der Waals surface area (Å²) in [5, 5.41) is 7.63. The topological polar surface area (TPSA) is 61.2 Å². The number of benzene rings is 1. The Bertz CT molecular complexity index is 569. The number of para-hydroxylation sites is 1. The molecule has 0 amide bonds. The van der Waals surface area contributed by atoms with Gasteiger partial charge in [-0.1, -0.05) is 12.1 Å².